The highest BCUT2D eigenvalue weighted by Gasteiger charge is 2.13. The normalized spacial score (nSPS) is 12.9. The van der Waals surface area contributed by atoms with Crippen molar-refractivity contribution in [3.05, 3.63) is 16.6 Å². The Bertz CT molecular complexity index is 199. The number of amides is 1. The molecule has 0 atom stereocenters. The molecule has 0 aliphatic heterocycles. The maximum atomic E-state index is 10.5. The first-order chi connectivity index (χ1) is 4.88. The maximum Gasteiger partial charge on any atom is 0.309 e. The molecule has 0 bridgehead atoms. The molecular weight excluding hydrogens is 142 g/mol. The lowest BCUT2D eigenvalue weighted by atomic mass is 9.87. The van der Waals surface area contributed by atoms with Crippen molar-refractivity contribution in [1.29, 1.82) is 0 Å². The van der Waals surface area contributed by atoms with Crippen LogP contribution < -0.4 is 0 Å². The summed E-state index contributed by atoms with van der Waals surface area (Å²) < 4.78 is 0. The van der Waals surface area contributed by atoms with Gasteiger partial charge in [-0.05, 0) is 12.3 Å². The molecule has 0 saturated heterocycles. The SMILES string of the molecule is C/C(=C\C(=O)N=O)C(C)(C)C. The van der Waals surface area contributed by atoms with Gasteiger partial charge in [0.1, 0.15) is 0 Å². The van der Waals surface area contributed by atoms with Crippen molar-refractivity contribution in [2.24, 2.45) is 10.6 Å². The lowest BCUT2D eigenvalue weighted by molar-refractivity contribution is -0.113. The van der Waals surface area contributed by atoms with Gasteiger partial charge in [0.15, 0.2) is 0 Å². The fourth-order valence-electron chi connectivity index (χ4n) is 0.428. The first-order valence-electron chi connectivity index (χ1n) is 3.44. The Hall–Kier alpha value is -0.990. The Morgan fingerprint density at radius 1 is 1.36 bits per heavy atom. The van der Waals surface area contributed by atoms with E-state index in [-0.39, 0.29) is 5.41 Å². The van der Waals surface area contributed by atoms with Gasteiger partial charge in [0.05, 0.1) is 0 Å². The van der Waals surface area contributed by atoms with E-state index in [1.165, 1.54) is 6.08 Å². The minimum absolute atomic E-state index is 0.0691. The molecule has 0 aromatic heterocycles. The number of allylic oxidation sites excluding steroid dienone is 1. The number of nitroso groups, excluding NO2 is 1. The Morgan fingerprint density at radius 2 is 1.82 bits per heavy atom. The maximum absolute atomic E-state index is 10.5. The van der Waals surface area contributed by atoms with Crippen molar-refractivity contribution in [3.8, 4) is 0 Å². The van der Waals surface area contributed by atoms with Crippen molar-refractivity contribution in [2.75, 3.05) is 0 Å². The lowest BCUT2D eigenvalue weighted by Gasteiger charge is -2.18. The molecule has 0 heterocycles. The van der Waals surface area contributed by atoms with Gasteiger partial charge < -0.3 is 0 Å². The van der Waals surface area contributed by atoms with E-state index < -0.39 is 5.91 Å². The second-order valence-corrected chi connectivity index (χ2v) is 3.51. The molecule has 0 aromatic rings. The van der Waals surface area contributed by atoms with Gasteiger partial charge in [-0.2, -0.15) is 0 Å². The Balaban J connectivity index is 4.47. The van der Waals surface area contributed by atoms with Crippen molar-refractivity contribution < 1.29 is 4.79 Å². The zero-order valence-corrected chi connectivity index (χ0v) is 7.34. The molecule has 0 saturated carbocycles. The monoisotopic (exact) mass is 155 g/mol. The summed E-state index contributed by atoms with van der Waals surface area (Å²) in [7, 11) is 0. The molecule has 62 valence electrons. The minimum Gasteiger partial charge on any atom is -0.264 e. The average molecular weight is 155 g/mol. The molecule has 3 nitrogen and oxygen atoms in total. The molecule has 3 heteroatoms. The van der Waals surface area contributed by atoms with E-state index in [4.69, 9.17) is 0 Å². The van der Waals surface area contributed by atoms with E-state index in [0.29, 0.717) is 0 Å². The van der Waals surface area contributed by atoms with Gasteiger partial charge in [-0.25, -0.2) is 0 Å². The highest BCUT2D eigenvalue weighted by atomic mass is 16.3. The van der Waals surface area contributed by atoms with Crippen LogP contribution in [0, 0.1) is 10.3 Å². The Kier molecular flexibility index (Phi) is 3.11. The van der Waals surface area contributed by atoms with E-state index in [1.54, 1.807) is 0 Å². The predicted octanol–water partition coefficient (Wildman–Crippen LogP) is 2.27. The van der Waals surface area contributed by atoms with Crippen LogP contribution >= 0.6 is 0 Å². The smallest absolute Gasteiger partial charge is 0.264 e. The van der Waals surface area contributed by atoms with Crippen LogP contribution in [0.2, 0.25) is 0 Å². The molecule has 0 aromatic carbocycles. The summed E-state index contributed by atoms with van der Waals surface area (Å²) in [4.78, 5) is 20.2. The zero-order valence-electron chi connectivity index (χ0n) is 7.34. The van der Waals surface area contributed by atoms with E-state index >= 15 is 0 Å². The van der Waals surface area contributed by atoms with Crippen LogP contribution in [-0.2, 0) is 4.79 Å². The Morgan fingerprint density at radius 3 is 2.09 bits per heavy atom. The topological polar surface area (TPSA) is 46.5 Å². The van der Waals surface area contributed by atoms with Crippen LogP contribution in [0.1, 0.15) is 27.7 Å². The second kappa shape index (κ2) is 3.42. The van der Waals surface area contributed by atoms with E-state index in [1.807, 2.05) is 27.7 Å². The summed E-state index contributed by atoms with van der Waals surface area (Å²) in [5, 5.41) is 2.28. The van der Waals surface area contributed by atoms with Crippen LogP contribution in [0.25, 0.3) is 0 Å². The fraction of sp³-hybridized carbons (Fsp3) is 0.625. The molecule has 0 aliphatic carbocycles. The highest BCUT2D eigenvalue weighted by Crippen LogP contribution is 2.23. The highest BCUT2D eigenvalue weighted by molar-refractivity contribution is 5.88. The van der Waals surface area contributed by atoms with Gasteiger partial charge in [-0.15, -0.1) is 4.91 Å². The van der Waals surface area contributed by atoms with Gasteiger partial charge in [0, 0.05) is 11.3 Å². The van der Waals surface area contributed by atoms with E-state index in [0.717, 1.165) is 5.57 Å². The van der Waals surface area contributed by atoms with Crippen LogP contribution in [0.5, 0.6) is 0 Å². The first kappa shape index (κ1) is 10.0. The van der Waals surface area contributed by atoms with E-state index in [2.05, 4.69) is 5.18 Å². The number of hydrogen-bond donors (Lipinski definition) is 0. The molecular formula is C8H13NO2. The quantitative estimate of drug-likeness (QED) is 0.430. The van der Waals surface area contributed by atoms with Crippen molar-refractivity contribution in [1.82, 2.24) is 0 Å². The van der Waals surface area contributed by atoms with Gasteiger partial charge in [-0.1, -0.05) is 26.3 Å². The van der Waals surface area contributed by atoms with Gasteiger partial charge in [-0.3, -0.25) is 4.79 Å². The van der Waals surface area contributed by atoms with Gasteiger partial charge in [0.2, 0.25) is 0 Å². The lowest BCUT2D eigenvalue weighted by Crippen LogP contribution is -2.07. The van der Waals surface area contributed by atoms with Crippen LogP contribution in [0.3, 0.4) is 0 Å². The summed E-state index contributed by atoms with van der Waals surface area (Å²) in [6.07, 6.45) is 1.27. The molecule has 0 spiro atoms. The third-order valence-corrected chi connectivity index (χ3v) is 1.61. The first-order valence-corrected chi connectivity index (χ1v) is 3.44. The number of carbonyl (C=O) groups excluding carboxylic acids is 1. The Labute approximate surface area is 66.5 Å². The predicted molar refractivity (Wildman–Crippen MR) is 44.0 cm³/mol. The number of nitrogens with zero attached hydrogens (tertiary/aromatic N) is 1. The molecule has 0 fully saturated rings. The van der Waals surface area contributed by atoms with Crippen molar-refractivity contribution in [3.63, 3.8) is 0 Å². The third kappa shape index (κ3) is 3.65. The van der Waals surface area contributed by atoms with Crippen LogP contribution in [0.4, 0.5) is 0 Å². The summed E-state index contributed by atoms with van der Waals surface area (Å²) in [5.74, 6) is -0.711. The summed E-state index contributed by atoms with van der Waals surface area (Å²) in [6.45, 7) is 7.72. The van der Waals surface area contributed by atoms with Crippen LogP contribution in [0.15, 0.2) is 16.8 Å². The average Bonchev–Trinajstić information content (AvgIpc) is 1.85. The van der Waals surface area contributed by atoms with Crippen molar-refractivity contribution >= 4 is 5.91 Å². The standard InChI is InChI=1S/C8H13NO2/c1-6(8(2,3)4)5-7(10)9-11/h5H,1-4H3/b6-5+. The molecule has 0 N–H and O–H groups in total. The minimum atomic E-state index is -0.711. The summed E-state index contributed by atoms with van der Waals surface area (Å²) in [5.41, 5.74) is 0.794. The molecule has 11 heavy (non-hydrogen) atoms. The largest absolute Gasteiger partial charge is 0.309 e. The molecule has 1 amide bonds. The molecule has 0 rings (SSSR count). The summed E-state index contributed by atoms with van der Waals surface area (Å²) >= 11 is 0. The van der Waals surface area contributed by atoms with Gasteiger partial charge in [0.25, 0.3) is 0 Å². The van der Waals surface area contributed by atoms with E-state index in [9.17, 15) is 9.70 Å². The zero-order chi connectivity index (χ0) is 9.07. The molecule has 0 aliphatic rings. The van der Waals surface area contributed by atoms with Crippen LogP contribution in [-0.4, -0.2) is 5.91 Å². The number of hydrogen-bond acceptors (Lipinski definition) is 2. The number of carbonyl (C=O) groups is 1. The number of rotatable bonds is 1. The second-order valence-electron chi connectivity index (χ2n) is 3.51. The fourth-order valence-corrected chi connectivity index (χ4v) is 0.428. The summed E-state index contributed by atoms with van der Waals surface area (Å²) in [6, 6.07) is 0. The van der Waals surface area contributed by atoms with Gasteiger partial charge >= 0.3 is 5.91 Å². The van der Waals surface area contributed by atoms with Crippen molar-refractivity contribution in [2.45, 2.75) is 27.7 Å². The molecule has 0 unspecified atom stereocenters. The third-order valence-electron chi connectivity index (χ3n) is 1.61. The molecule has 0 radical (unpaired) electrons.